The Bertz CT molecular complexity index is 556. The molecule has 1 N–H and O–H groups in total. The number of halogens is 1. The molecule has 4 heteroatoms. The molecule has 0 amide bonds. The van der Waals surface area contributed by atoms with Gasteiger partial charge in [-0.3, -0.25) is 0 Å². The number of hydrogen-bond donors (Lipinski definition) is 1. The van der Waals surface area contributed by atoms with Gasteiger partial charge < -0.3 is 5.32 Å². The molecule has 0 atom stereocenters. The van der Waals surface area contributed by atoms with Crippen LogP contribution in [0.2, 0.25) is 5.02 Å². The third-order valence-corrected chi connectivity index (χ3v) is 3.95. The van der Waals surface area contributed by atoms with Crippen molar-refractivity contribution in [3.05, 3.63) is 39.9 Å². The van der Waals surface area contributed by atoms with Crippen LogP contribution in [-0.4, -0.2) is 4.98 Å². The van der Waals surface area contributed by atoms with Crippen LogP contribution in [-0.2, 0) is 5.41 Å². The summed E-state index contributed by atoms with van der Waals surface area (Å²) in [7, 11) is 0. The Kier molecular flexibility index (Phi) is 6.03. The summed E-state index contributed by atoms with van der Waals surface area (Å²) in [4.78, 5) is 4.61. The van der Waals surface area contributed by atoms with Crippen LogP contribution in [0.5, 0.6) is 0 Å². The second kappa shape index (κ2) is 7.09. The standard InChI is InChI=1S/C14H17ClN2S.C2H6/c1-9-10(15)6-5-7-11(9)16-13-17-12(8-18-13)14(2,3)4;1-2/h5-8H,1-4H3,(H,16,17);1-2H3. The Hall–Kier alpha value is -1.06. The normalized spacial score (nSPS) is 10.8. The second-order valence-corrected chi connectivity index (χ2v) is 6.59. The third kappa shape index (κ3) is 4.22. The van der Waals surface area contributed by atoms with Crippen molar-refractivity contribution in [1.82, 2.24) is 4.98 Å². The highest BCUT2D eigenvalue weighted by molar-refractivity contribution is 7.13. The first-order valence-corrected chi connectivity index (χ1v) is 8.12. The summed E-state index contributed by atoms with van der Waals surface area (Å²) in [5, 5.41) is 7.11. The molecule has 1 aromatic carbocycles. The lowest BCUT2D eigenvalue weighted by atomic mass is 9.93. The molecule has 2 aromatic rings. The Morgan fingerprint density at radius 1 is 1.20 bits per heavy atom. The van der Waals surface area contributed by atoms with Gasteiger partial charge in [0.2, 0.25) is 0 Å². The Morgan fingerprint density at radius 3 is 2.40 bits per heavy atom. The van der Waals surface area contributed by atoms with Gasteiger partial charge in [0, 0.05) is 21.5 Å². The van der Waals surface area contributed by atoms with Gasteiger partial charge in [-0.05, 0) is 24.6 Å². The predicted molar refractivity (Wildman–Crippen MR) is 91.6 cm³/mol. The number of anilines is 2. The zero-order chi connectivity index (χ0) is 15.3. The van der Waals surface area contributed by atoms with E-state index in [1.54, 1.807) is 11.3 Å². The summed E-state index contributed by atoms with van der Waals surface area (Å²) >= 11 is 7.72. The molecule has 1 heterocycles. The van der Waals surface area contributed by atoms with E-state index in [4.69, 9.17) is 11.6 Å². The molecule has 0 fully saturated rings. The van der Waals surface area contributed by atoms with E-state index in [2.05, 4.69) is 36.5 Å². The Balaban J connectivity index is 0.000000956. The highest BCUT2D eigenvalue weighted by Gasteiger charge is 2.17. The largest absolute Gasteiger partial charge is 0.331 e. The molecule has 0 unspecified atom stereocenters. The lowest BCUT2D eigenvalue weighted by Gasteiger charge is -2.14. The molecule has 1 aromatic heterocycles. The SMILES string of the molecule is CC.Cc1c(Cl)cccc1Nc1nc(C(C)(C)C)cs1. The molecule has 0 aliphatic carbocycles. The van der Waals surface area contributed by atoms with Crippen molar-refractivity contribution in [2.45, 2.75) is 47.0 Å². The predicted octanol–water partition coefficient (Wildman–Crippen LogP) is 6.17. The fraction of sp³-hybridized carbons (Fsp3) is 0.438. The monoisotopic (exact) mass is 310 g/mol. The van der Waals surface area contributed by atoms with Gasteiger partial charge in [0.1, 0.15) is 0 Å². The molecular weight excluding hydrogens is 288 g/mol. The third-order valence-electron chi connectivity index (χ3n) is 2.78. The number of nitrogens with zero attached hydrogens (tertiary/aromatic N) is 1. The molecule has 2 rings (SSSR count). The molecule has 0 aliphatic heterocycles. The fourth-order valence-electron chi connectivity index (χ4n) is 1.53. The summed E-state index contributed by atoms with van der Waals surface area (Å²) in [6.07, 6.45) is 0. The van der Waals surface area contributed by atoms with Crippen molar-refractivity contribution >= 4 is 33.8 Å². The number of thiazole rings is 1. The number of hydrogen-bond acceptors (Lipinski definition) is 3. The number of aromatic nitrogens is 1. The summed E-state index contributed by atoms with van der Waals surface area (Å²) in [6.45, 7) is 12.5. The minimum absolute atomic E-state index is 0.0831. The first kappa shape index (κ1) is 17.0. The van der Waals surface area contributed by atoms with Gasteiger partial charge >= 0.3 is 0 Å². The number of nitrogens with one attached hydrogen (secondary N) is 1. The van der Waals surface area contributed by atoms with E-state index < -0.39 is 0 Å². The van der Waals surface area contributed by atoms with E-state index in [1.807, 2.05) is 39.0 Å². The topological polar surface area (TPSA) is 24.9 Å². The van der Waals surface area contributed by atoms with Gasteiger partial charge in [0.25, 0.3) is 0 Å². The van der Waals surface area contributed by atoms with Crippen molar-refractivity contribution in [3.63, 3.8) is 0 Å². The maximum absolute atomic E-state index is 6.10. The zero-order valence-electron chi connectivity index (χ0n) is 13.0. The lowest BCUT2D eigenvalue weighted by Crippen LogP contribution is -2.11. The van der Waals surface area contributed by atoms with Crippen molar-refractivity contribution in [3.8, 4) is 0 Å². The van der Waals surface area contributed by atoms with Crippen LogP contribution in [0.1, 0.15) is 45.9 Å². The molecule has 0 saturated heterocycles. The summed E-state index contributed by atoms with van der Waals surface area (Å²) in [6, 6.07) is 5.85. The average Bonchev–Trinajstić information content (AvgIpc) is 2.86. The minimum Gasteiger partial charge on any atom is -0.331 e. The van der Waals surface area contributed by atoms with E-state index in [0.29, 0.717) is 0 Å². The summed E-state index contributed by atoms with van der Waals surface area (Å²) in [5.41, 5.74) is 3.25. The highest BCUT2D eigenvalue weighted by atomic mass is 35.5. The molecule has 0 bridgehead atoms. The minimum atomic E-state index is 0.0831. The first-order valence-electron chi connectivity index (χ1n) is 6.86. The van der Waals surface area contributed by atoms with Crippen LogP contribution in [0, 0.1) is 6.92 Å². The molecule has 20 heavy (non-hydrogen) atoms. The summed E-state index contributed by atoms with van der Waals surface area (Å²) < 4.78 is 0. The van der Waals surface area contributed by atoms with Crippen LogP contribution in [0.25, 0.3) is 0 Å². The van der Waals surface area contributed by atoms with Gasteiger partial charge in [-0.1, -0.05) is 52.3 Å². The first-order chi connectivity index (χ1) is 9.38. The number of benzene rings is 1. The van der Waals surface area contributed by atoms with Gasteiger partial charge in [0.15, 0.2) is 5.13 Å². The van der Waals surface area contributed by atoms with Gasteiger partial charge in [-0.15, -0.1) is 11.3 Å². The van der Waals surface area contributed by atoms with Crippen LogP contribution >= 0.6 is 22.9 Å². The van der Waals surface area contributed by atoms with Crippen molar-refractivity contribution in [2.24, 2.45) is 0 Å². The summed E-state index contributed by atoms with van der Waals surface area (Å²) in [5.74, 6) is 0. The quantitative estimate of drug-likeness (QED) is 0.717. The van der Waals surface area contributed by atoms with E-state index in [0.717, 1.165) is 27.1 Å². The van der Waals surface area contributed by atoms with Crippen LogP contribution in [0.4, 0.5) is 10.8 Å². The molecule has 0 aliphatic rings. The smallest absolute Gasteiger partial charge is 0.187 e. The van der Waals surface area contributed by atoms with Crippen LogP contribution < -0.4 is 5.32 Å². The molecule has 0 radical (unpaired) electrons. The van der Waals surface area contributed by atoms with E-state index >= 15 is 0 Å². The number of rotatable bonds is 2. The molecular formula is C16H23ClN2S. The Labute approximate surface area is 131 Å². The fourth-order valence-corrected chi connectivity index (χ4v) is 2.66. The van der Waals surface area contributed by atoms with Gasteiger partial charge in [0.05, 0.1) is 5.69 Å². The van der Waals surface area contributed by atoms with Crippen LogP contribution in [0.15, 0.2) is 23.6 Å². The molecule has 110 valence electrons. The molecule has 0 saturated carbocycles. The zero-order valence-corrected chi connectivity index (χ0v) is 14.6. The Morgan fingerprint density at radius 2 is 1.85 bits per heavy atom. The van der Waals surface area contributed by atoms with Crippen molar-refractivity contribution in [1.29, 1.82) is 0 Å². The maximum Gasteiger partial charge on any atom is 0.187 e. The van der Waals surface area contributed by atoms with Crippen molar-refractivity contribution in [2.75, 3.05) is 5.32 Å². The average molecular weight is 311 g/mol. The van der Waals surface area contributed by atoms with Crippen molar-refractivity contribution < 1.29 is 0 Å². The second-order valence-electron chi connectivity index (χ2n) is 5.33. The van der Waals surface area contributed by atoms with Gasteiger partial charge in [-0.2, -0.15) is 0 Å². The van der Waals surface area contributed by atoms with Crippen LogP contribution in [0.3, 0.4) is 0 Å². The van der Waals surface area contributed by atoms with E-state index in [1.165, 1.54) is 0 Å². The molecule has 0 spiro atoms. The lowest BCUT2D eigenvalue weighted by molar-refractivity contribution is 0.573. The van der Waals surface area contributed by atoms with E-state index in [-0.39, 0.29) is 5.41 Å². The maximum atomic E-state index is 6.10. The molecule has 2 nitrogen and oxygen atoms in total. The van der Waals surface area contributed by atoms with E-state index in [9.17, 15) is 0 Å². The van der Waals surface area contributed by atoms with Gasteiger partial charge in [-0.25, -0.2) is 4.98 Å². The highest BCUT2D eigenvalue weighted by Crippen LogP contribution is 2.30.